The molecule has 1 aliphatic heterocycles. The van der Waals surface area contributed by atoms with Crippen LogP contribution in [0, 0.1) is 0 Å². The van der Waals surface area contributed by atoms with Crippen molar-refractivity contribution in [2.75, 3.05) is 31.2 Å². The zero-order valence-electron chi connectivity index (χ0n) is 12.2. The van der Waals surface area contributed by atoms with Gasteiger partial charge in [0.1, 0.15) is 5.75 Å². The van der Waals surface area contributed by atoms with Crippen LogP contribution in [0.4, 0.5) is 11.4 Å². The van der Waals surface area contributed by atoms with Gasteiger partial charge in [-0.2, -0.15) is 0 Å². The molecule has 3 N–H and O–H groups in total. The van der Waals surface area contributed by atoms with Crippen LogP contribution in [-0.4, -0.2) is 36.9 Å². The minimum atomic E-state index is -0.148. The van der Waals surface area contributed by atoms with Crippen LogP contribution in [0.3, 0.4) is 0 Å². The Morgan fingerprint density at radius 3 is 2.90 bits per heavy atom. The number of hydrogen-bond donors (Lipinski definition) is 2. The molecule has 6 nitrogen and oxygen atoms in total. The summed E-state index contributed by atoms with van der Waals surface area (Å²) < 4.78 is 5.06. The molecule has 1 aromatic rings. The largest absolute Gasteiger partial charge is 0.497 e. The van der Waals surface area contributed by atoms with Crippen molar-refractivity contribution < 1.29 is 14.3 Å². The maximum atomic E-state index is 11.9. The minimum absolute atomic E-state index is 0.137. The summed E-state index contributed by atoms with van der Waals surface area (Å²) in [6.07, 6.45) is 2.83. The van der Waals surface area contributed by atoms with Crippen molar-refractivity contribution in [2.24, 2.45) is 0 Å². The van der Waals surface area contributed by atoms with Crippen LogP contribution >= 0.6 is 0 Å². The quantitative estimate of drug-likeness (QED) is 0.807. The number of nitrogens with zero attached hydrogens (tertiary/aromatic N) is 1. The van der Waals surface area contributed by atoms with Crippen molar-refractivity contribution in [3.8, 4) is 5.75 Å². The normalized spacial score (nSPS) is 14.9. The third-order valence-corrected chi connectivity index (χ3v) is 3.56. The molecule has 0 aliphatic carbocycles. The molecular formula is C15H21N3O3. The molecule has 114 valence electrons. The minimum Gasteiger partial charge on any atom is -0.497 e. The number of carbonyl (C=O) groups is 2. The number of rotatable bonds is 5. The van der Waals surface area contributed by atoms with E-state index in [-0.39, 0.29) is 18.2 Å². The number of nitrogen functional groups attached to an aromatic ring is 1. The fourth-order valence-corrected chi connectivity index (χ4v) is 2.33. The van der Waals surface area contributed by atoms with E-state index in [9.17, 15) is 9.59 Å². The highest BCUT2D eigenvalue weighted by Gasteiger charge is 2.18. The summed E-state index contributed by atoms with van der Waals surface area (Å²) in [5.74, 6) is 0.632. The Hall–Kier alpha value is -2.24. The van der Waals surface area contributed by atoms with E-state index in [1.54, 1.807) is 30.2 Å². The summed E-state index contributed by atoms with van der Waals surface area (Å²) >= 11 is 0. The monoisotopic (exact) mass is 291 g/mol. The lowest BCUT2D eigenvalue weighted by molar-refractivity contribution is -0.133. The van der Waals surface area contributed by atoms with Crippen LogP contribution in [0.25, 0.3) is 0 Å². The molecule has 0 radical (unpaired) electrons. The van der Waals surface area contributed by atoms with Gasteiger partial charge in [0.15, 0.2) is 0 Å². The maximum Gasteiger partial charge on any atom is 0.226 e. The number of amides is 2. The molecular weight excluding hydrogens is 270 g/mol. The first-order valence-corrected chi connectivity index (χ1v) is 7.11. The molecule has 0 saturated carbocycles. The Morgan fingerprint density at radius 2 is 2.24 bits per heavy atom. The molecule has 0 unspecified atom stereocenters. The second kappa shape index (κ2) is 6.97. The number of methoxy groups -OCH3 is 1. The van der Waals surface area contributed by atoms with Gasteiger partial charge in [-0.1, -0.05) is 0 Å². The van der Waals surface area contributed by atoms with E-state index < -0.39 is 0 Å². The van der Waals surface area contributed by atoms with E-state index in [1.807, 2.05) is 0 Å². The molecule has 21 heavy (non-hydrogen) atoms. The van der Waals surface area contributed by atoms with Gasteiger partial charge in [-0.15, -0.1) is 0 Å². The Morgan fingerprint density at radius 1 is 1.43 bits per heavy atom. The Balaban J connectivity index is 1.85. The summed E-state index contributed by atoms with van der Waals surface area (Å²) in [7, 11) is 1.56. The van der Waals surface area contributed by atoms with Gasteiger partial charge in [-0.25, -0.2) is 0 Å². The van der Waals surface area contributed by atoms with Gasteiger partial charge >= 0.3 is 0 Å². The smallest absolute Gasteiger partial charge is 0.226 e. The van der Waals surface area contributed by atoms with Gasteiger partial charge in [0.2, 0.25) is 11.8 Å². The lowest BCUT2D eigenvalue weighted by atomic mass is 10.1. The Bertz CT molecular complexity index is 531. The first-order valence-electron chi connectivity index (χ1n) is 7.11. The first-order chi connectivity index (χ1) is 10.1. The number of nitrogens with one attached hydrogen (secondary N) is 1. The van der Waals surface area contributed by atoms with Crippen molar-refractivity contribution in [3.63, 3.8) is 0 Å². The van der Waals surface area contributed by atoms with Gasteiger partial charge in [0.25, 0.3) is 0 Å². The average Bonchev–Trinajstić information content (AvgIpc) is 2.48. The van der Waals surface area contributed by atoms with E-state index in [4.69, 9.17) is 10.5 Å². The second-order valence-corrected chi connectivity index (χ2v) is 5.09. The molecule has 6 heteroatoms. The predicted octanol–water partition coefficient (Wildman–Crippen LogP) is 1.62. The Labute approximate surface area is 124 Å². The van der Waals surface area contributed by atoms with Crippen LogP contribution in [-0.2, 0) is 9.59 Å². The van der Waals surface area contributed by atoms with Crippen molar-refractivity contribution in [3.05, 3.63) is 18.2 Å². The molecule has 0 spiro atoms. The molecule has 0 aromatic heterocycles. The number of anilines is 2. The topological polar surface area (TPSA) is 84.7 Å². The van der Waals surface area contributed by atoms with Crippen molar-refractivity contribution in [2.45, 2.75) is 25.7 Å². The van der Waals surface area contributed by atoms with Gasteiger partial charge in [-0.3, -0.25) is 9.59 Å². The van der Waals surface area contributed by atoms with Crippen LogP contribution in [0.2, 0.25) is 0 Å². The van der Waals surface area contributed by atoms with Crippen LogP contribution in [0.15, 0.2) is 18.2 Å². The van der Waals surface area contributed by atoms with E-state index >= 15 is 0 Å². The number of ether oxygens (including phenoxy) is 1. The third kappa shape index (κ3) is 4.11. The summed E-state index contributed by atoms with van der Waals surface area (Å²) in [5.41, 5.74) is 6.86. The zero-order valence-corrected chi connectivity index (χ0v) is 12.2. The van der Waals surface area contributed by atoms with Crippen molar-refractivity contribution >= 4 is 23.2 Å². The van der Waals surface area contributed by atoms with E-state index in [0.717, 1.165) is 19.4 Å². The fourth-order valence-electron chi connectivity index (χ4n) is 2.33. The molecule has 1 aliphatic rings. The van der Waals surface area contributed by atoms with Crippen LogP contribution < -0.4 is 15.8 Å². The maximum absolute atomic E-state index is 11.9. The molecule has 1 aromatic carbocycles. The number of piperidine rings is 1. The molecule has 0 atom stereocenters. The van der Waals surface area contributed by atoms with Gasteiger partial charge < -0.3 is 20.7 Å². The van der Waals surface area contributed by atoms with E-state index in [1.165, 1.54) is 0 Å². The molecule has 1 fully saturated rings. The fraction of sp³-hybridized carbons (Fsp3) is 0.467. The SMILES string of the molecule is COc1ccc(NC(=O)CCN2CCCCC2=O)c(N)c1. The molecule has 1 heterocycles. The van der Waals surface area contributed by atoms with Crippen LogP contribution in [0.1, 0.15) is 25.7 Å². The first kappa shape index (κ1) is 15.2. The average molecular weight is 291 g/mol. The predicted molar refractivity (Wildman–Crippen MR) is 81.1 cm³/mol. The number of likely N-dealkylation sites (tertiary alicyclic amines) is 1. The Kier molecular flexibility index (Phi) is 5.03. The van der Waals surface area contributed by atoms with Crippen molar-refractivity contribution in [1.29, 1.82) is 0 Å². The van der Waals surface area contributed by atoms with Crippen molar-refractivity contribution in [1.82, 2.24) is 4.90 Å². The highest BCUT2D eigenvalue weighted by molar-refractivity contribution is 5.94. The number of hydrogen-bond acceptors (Lipinski definition) is 4. The lowest BCUT2D eigenvalue weighted by Gasteiger charge is -2.26. The highest BCUT2D eigenvalue weighted by atomic mass is 16.5. The number of benzene rings is 1. The standard InChI is InChI=1S/C15H21N3O3/c1-21-11-5-6-13(12(16)10-11)17-14(19)7-9-18-8-3-2-4-15(18)20/h5-6,10H,2-4,7-9,16H2,1H3,(H,17,19). The summed E-state index contributed by atoms with van der Waals surface area (Å²) in [5, 5.41) is 2.76. The molecule has 2 amide bonds. The van der Waals surface area contributed by atoms with E-state index in [0.29, 0.717) is 30.1 Å². The van der Waals surface area contributed by atoms with Crippen LogP contribution in [0.5, 0.6) is 5.75 Å². The molecule has 0 bridgehead atoms. The summed E-state index contributed by atoms with van der Waals surface area (Å²) in [6.45, 7) is 1.21. The molecule has 2 rings (SSSR count). The summed E-state index contributed by atoms with van der Waals surface area (Å²) in [4.78, 5) is 25.3. The van der Waals surface area contributed by atoms with E-state index in [2.05, 4.69) is 5.32 Å². The molecule has 1 saturated heterocycles. The number of carbonyl (C=O) groups excluding carboxylic acids is 2. The van der Waals surface area contributed by atoms with Gasteiger partial charge in [-0.05, 0) is 25.0 Å². The second-order valence-electron chi connectivity index (χ2n) is 5.09. The number of nitrogens with two attached hydrogens (primary N) is 1. The lowest BCUT2D eigenvalue weighted by Crippen LogP contribution is -2.37. The highest BCUT2D eigenvalue weighted by Crippen LogP contribution is 2.24. The van der Waals surface area contributed by atoms with Gasteiger partial charge in [0.05, 0.1) is 18.5 Å². The third-order valence-electron chi connectivity index (χ3n) is 3.56. The van der Waals surface area contributed by atoms with Gasteiger partial charge in [0, 0.05) is 32.0 Å². The zero-order chi connectivity index (χ0) is 15.2. The summed E-state index contributed by atoms with van der Waals surface area (Å²) in [6, 6.07) is 5.10.